The van der Waals surface area contributed by atoms with E-state index in [0.29, 0.717) is 5.75 Å². The molecule has 2 nitrogen and oxygen atoms in total. The molecule has 0 bridgehead atoms. The summed E-state index contributed by atoms with van der Waals surface area (Å²) >= 11 is 0. The van der Waals surface area contributed by atoms with Gasteiger partial charge in [0.15, 0.2) is 17.4 Å². The lowest BCUT2D eigenvalue weighted by atomic mass is 10.2. The van der Waals surface area contributed by atoms with Gasteiger partial charge >= 0.3 is 0 Å². The minimum absolute atomic E-state index is 0.0273. The third kappa shape index (κ3) is 3.65. The van der Waals surface area contributed by atoms with Gasteiger partial charge < -0.3 is 9.47 Å². The van der Waals surface area contributed by atoms with Crippen LogP contribution >= 0.6 is 0 Å². The predicted octanol–water partition coefficient (Wildman–Crippen LogP) is 4.01. The van der Waals surface area contributed by atoms with Crippen molar-refractivity contribution < 1.29 is 27.0 Å². The van der Waals surface area contributed by atoms with Gasteiger partial charge in [0.2, 0.25) is 11.6 Å². The van der Waals surface area contributed by atoms with Crippen LogP contribution in [-0.4, -0.2) is 13.2 Å². The lowest BCUT2D eigenvalue weighted by Crippen LogP contribution is -2.12. The Bertz CT molecular complexity index is 618. The van der Waals surface area contributed by atoms with E-state index in [9.17, 15) is 17.6 Å². The van der Waals surface area contributed by atoms with Crippen LogP contribution in [0.25, 0.3) is 0 Å². The lowest BCUT2D eigenvalue weighted by Gasteiger charge is -2.10. The van der Waals surface area contributed by atoms with Gasteiger partial charge in [0.1, 0.15) is 19.0 Å². The molecular weight excluding hydrogens is 288 g/mol. The van der Waals surface area contributed by atoms with Crippen LogP contribution in [0.15, 0.2) is 30.3 Å². The number of rotatable bonds is 5. The molecule has 2 aromatic rings. The summed E-state index contributed by atoms with van der Waals surface area (Å²) in [5.74, 6) is -6.67. The highest BCUT2D eigenvalue weighted by Gasteiger charge is 2.20. The van der Waals surface area contributed by atoms with E-state index in [1.807, 2.05) is 13.0 Å². The molecular formula is C15H12F4O2. The fourth-order valence-electron chi connectivity index (χ4n) is 1.69. The SMILES string of the molecule is Cc1cccc(OCCOc2c(F)c(F)cc(F)c2F)c1. The average Bonchev–Trinajstić information content (AvgIpc) is 2.44. The van der Waals surface area contributed by atoms with Gasteiger partial charge in [-0.2, -0.15) is 8.78 Å². The summed E-state index contributed by atoms with van der Waals surface area (Å²) < 4.78 is 62.5. The van der Waals surface area contributed by atoms with E-state index in [-0.39, 0.29) is 19.3 Å². The second-order valence-electron chi connectivity index (χ2n) is 4.31. The molecule has 2 rings (SSSR count). The van der Waals surface area contributed by atoms with Crippen molar-refractivity contribution in [3.8, 4) is 11.5 Å². The Morgan fingerprint density at radius 1 is 0.857 bits per heavy atom. The third-order valence-electron chi connectivity index (χ3n) is 2.66. The molecule has 0 spiro atoms. The van der Waals surface area contributed by atoms with Gasteiger partial charge in [-0.15, -0.1) is 0 Å². The summed E-state index contributed by atoms with van der Waals surface area (Å²) in [6, 6.07) is 7.26. The van der Waals surface area contributed by atoms with Crippen molar-refractivity contribution in [2.75, 3.05) is 13.2 Å². The maximum atomic E-state index is 13.3. The third-order valence-corrected chi connectivity index (χ3v) is 2.66. The summed E-state index contributed by atoms with van der Waals surface area (Å²) in [6.45, 7) is 1.59. The Hall–Kier alpha value is -2.24. The molecule has 0 aliphatic heterocycles. The zero-order valence-electron chi connectivity index (χ0n) is 11.1. The van der Waals surface area contributed by atoms with Gasteiger partial charge in [-0.05, 0) is 24.6 Å². The molecule has 0 heterocycles. The van der Waals surface area contributed by atoms with Crippen molar-refractivity contribution in [3.63, 3.8) is 0 Å². The van der Waals surface area contributed by atoms with Crippen LogP contribution in [0.3, 0.4) is 0 Å². The number of aryl methyl sites for hydroxylation is 1. The Morgan fingerprint density at radius 2 is 1.48 bits per heavy atom. The second-order valence-corrected chi connectivity index (χ2v) is 4.31. The summed E-state index contributed by atoms with van der Waals surface area (Å²) in [6.07, 6.45) is 0. The number of halogens is 4. The quantitative estimate of drug-likeness (QED) is 0.472. The molecule has 0 N–H and O–H groups in total. The molecule has 0 aliphatic rings. The van der Waals surface area contributed by atoms with Crippen molar-refractivity contribution >= 4 is 0 Å². The van der Waals surface area contributed by atoms with Gasteiger partial charge in [0.25, 0.3) is 0 Å². The monoisotopic (exact) mass is 300 g/mol. The molecule has 0 aliphatic carbocycles. The minimum Gasteiger partial charge on any atom is -0.490 e. The molecule has 112 valence electrons. The first-order chi connectivity index (χ1) is 9.99. The van der Waals surface area contributed by atoms with Crippen LogP contribution < -0.4 is 9.47 Å². The van der Waals surface area contributed by atoms with Crippen LogP contribution in [0.1, 0.15) is 5.56 Å². The van der Waals surface area contributed by atoms with Gasteiger partial charge in [0, 0.05) is 6.07 Å². The van der Waals surface area contributed by atoms with E-state index in [1.54, 1.807) is 18.2 Å². The number of benzene rings is 2. The number of hydrogen-bond acceptors (Lipinski definition) is 2. The predicted molar refractivity (Wildman–Crippen MR) is 68.4 cm³/mol. The summed E-state index contributed by atoms with van der Waals surface area (Å²) in [5.41, 5.74) is 0.984. The van der Waals surface area contributed by atoms with Crippen molar-refractivity contribution in [1.82, 2.24) is 0 Å². The average molecular weight is 300 g/mol. The standard InChI is InChI=1S/C15H12F4O2/c1-9-3-2-4-10(7-9)20-5-6-21-15-13(18)11(16)8-12(17)14(15)19/h2-4,7-8H,5-6H2,1H3. The van der Waals surface area contributed by atoms with Crippen LogP contribution in [0.5, 0.6) is 11.5 Å². The van der Waals surface area contributed by atoms with Gasteiger partial charge in [0.05, 0.1) is 0 Å². The molecule has 6 heteroatoms. The van der Waals surface area contributed by atoms with E-state index in [0.717, 1.165) is 5.56 Å². The maximum absolute atomic E-state index is 13.3. The first kappa shape index (κ1) is 15.2. The van der Waals surface area contributed by atoms with Crippen molar-refractivity contribution in [1.29, 1.82) is 0 Å². The highest BCUT2D eigenvalue weighted by molar-refractivity contribution is 5.29. The van der Waals surface area contributed by atoms with Crippen LogP contribution in [-0.2, 0) is 0 Å². The van der Waals surface area contributed by atoms with Crippen molar-refractivity contribution in [2.45, 2.75) is 6.92 Å². The Morgan fingerprint density at radius 3 is 2.10 bits per heavy atom. The molecule has 21 heavy (non-hydrogen) atoms. The van der Waals surface area contributed by atoms with Crippen LogP contribution in [0.2, 0.25) is 0 Å². The maximum Gasteiger partial charge on any atom is 0.203 e. The molecule has 0 amide bonds. The van der Waals surface area contributed by atoms with Gasteiger partial charge in [-0.3, -0.25) is 0 Å². The fourth-order valence-corrected chi connectivity index (χ4v) is 1.69. The van der Waals surface area contributed by atoms with E-state index in [4.69, 9.17) is 9.47 Å². The summed E-state index contributed by atoms with van der Waals surface area (Å²) in [7, 11) is 0. The zero-order valence-corrected chi connectivity index (χ0v) is 11.1. The molecule has 0 radical (unpaired) electrons. The van der Waals surface area contributed by atoms with E-state index in [2.05, 4.69) is 0 Å². The number of hydrogen-bond donors (Lipinski definition) is 0. The lowest BCUT2D eigenvalue weighted by molar-refractivity contribution is 0.201. The van der Waals surface area contributed by atoms with Crippen LogP contribution in [0, 0.1) is 30.2 Å². The van der Waals surface area contributed by atoms with Crippen molar-refractivity contribution in [3.05, 3.63) is 59.2 Å². The molecule has 0 aromatic heterocycles. The fraction of sp³-hybridized carbons (Fsp3) is 0.200. The minimum atomic E-state index is -1.57. The first-order valence-corrected chi connectivity index (χ1v) is 6.14. The largest absolute Gasteiger partial charge is 0.490 e. The Labute approximate surface area is 118 Å². The molecule has 2 aromatic carbocycles. The molecule has 0 atom stereocenters. The second kappa shape index (κ2) is 6.47. The van der Waals surface area contributed by atoms with Gasteiger partial charge in [-0.1, -0.05) is 12.1 Å². The van der Waals surface area contributed by atoms with Gasteiger partial charge in [-0.25, -0.2) is 8.78 Å². The smallest absolute Gasteiger partial charge is 0.203 e. The van der Waals surface area contributed by atoms with E-state index in [1.165, 1.54) is 0 Å². The van der Waals surface area contributed by atoms with E-state index < -0.39 is 29.0 Å². The summed E-state index contributed by atoms with van der Waals surface area (Å²) in [5, 5.41) is 0. The highest BCUT2D eigenvalue weighted by atomic mass is 19.2. The molecule has 0 saturated heterocycles. The zero-order chi connectivity index (χ0) is 15.4. The Kier molecular flexibility index (Phi) is 4.67. The Balaban J connectivity index is 1.95. The molecule has 0 unspecified atom stereocenters. The highest BCUT2D eigenvalue weighted by Crippen LogP contribution is 2.26. The summed E-state index contributed by atoms with van der Waals surface area (Å²) in [4.78, 5) is 0. The van der Waals surface area contributed by atoms with E-state index >= 15 is 0 Å². The molecule has 0 saturated carbocycles. The topological polar surface area (TPSA) is 18.5 Å². The molecule has 0 fully saturated rings. The first-order valence-electron chi connectivity index (χ1n) is 6.14. The number of ether oxygens (including phenoxy) is 2. The van der Waals surface area contributed by atoms with Crippen LogP contribution in [0.4, 0.5) is 17.6 Å². The van der Waals surface area contributed by atoms with Crippen molar-refractivity contribution in [2.24, 2.45) is 0 Å². The normalized spacial score (nSPS) is 10.5.